The number of hydrogen-bond acceptors (Lipinski definition) is 4. The highest BCUT2D eigenvalue weighted by Gasteiger charge is 2.18. The summed E-state index contributed by atoms with van der Waals surface area (Å²) in [6, 6.07) is 13.6. The Balaban J connectivity index is 2.08. The lowest BCUT2D eigenvalue weighted by atomic mass is 10.1. The Morgan fingerprint density at radius 1 is 1.07 bits per heavy atom. The van der Waals surface area contributed by atoms with Crippen LogP contribution in [-0.2, 0) is 14.8 Å². The lowest BCUT2D eigenvalue weighted by Gasteiger charge is -2.23. The highest BCUT2D eigenvalue weighted by molar-refractivity contribution is 7.92. The number of anilines is 2. The SMILES string of the molecule is CC(=O)Nc1cccc(N(CCNC(=O)c2ccc(C)cc2)S(C)(=O)=O)c1. The third kappa shape index (κ3) is 6.10. The quantitative estimate of drug-likeness (QED) is 0.758. The lowest BCUT2D eigenvalue weighted by Crippen LogP contribution is -2.38. The van der Waals surface area contributed by atoms with Crippen molar-refractivity contribution in [2.45, 2.75) is 13.8 Å². The number of aryl methyl sites for hydroxylation is 1. The van der Waals surface area contributed by atoms with E-state index in [9.17, 15) is 18.0 Å². The van der Waals surface area contributed by atoms with E-state index in [0.717, 1.165) is 11.8 Å². The van der Waals surface area contributed by atoms with Gasteiger partial charge in [-0.05, 0) is 37.3 Å². The van der Waals surface area contributed by atoms with E-state index in [1.165, 1.54) is 11.2 Å². The van der Waals surface area contributed by atoms with Crippen LogP contribution in [0.2, 0.25) is 0 Å². The summed E-state index contributed by atoms with van der Waals surface area (Å²) in [6.07, 6.45) is 1.10. The number of hydrogen-bond donors (Lipinski definition) is 2. The summed E-state index contributed by atoms with van der Waals surface area (Å²) in [5.41, 5.74) is 2.47. The molecule has 2 N–H and O–H groups in total. The Kier molecular flexibility index (Phi) is 6.57. The molecular formula is C19H23N3O4S. The second kappa shape index (κ2) is 8.68. The molecule has 0 saturated heterocycles. The van der Waals surface area contributed by atoms with Crippen LogP contribution in [0.4, 0.5) is 11.4 Å². The maximum absolute atomic E-state index is 12.2. The molecule has 2 rings (SSSR count). The Morgan fingerprint density at radius 3 is 2.33 bits per heavy atom. The first-order chi connectivity index (χ1) is 12.7. The third-order valence-electron chi connectivity index (χ3n) is 3.77. The Bertz CT molecular complexity index is 924. The van der Waals surface area contributed by atoms with Gasteiger partial charge in [-0.3, -0.25) is 13.9 Å². The Morgan fingerprint density at radius 2 is 1.74 bits per heavy atom. The Hall–Kier alpha value is -2.87. The van der Waals surface area contributed by atoms with Gasteiger partial charge in [-0.15, -0.1) is 0 Å². The standard InChI is InChI=1S/C19H23N3O4S/c1-14-7-9-16(10-8-14)19(24)20-11-12-22(27(3,25)26)18-6-4-5-17(13-18)21-15(2)23/h4-10,13H,11-12H2,1-3H3,(H,20,24)(H,21,23). The zero-order valence-corrected chi connectivity index (χ0v) is 16.3. The van der Waals surface area contributed by atoms with Crippen molar-refractivity contribution >= 4 is 33.2 Å². The van der Waals surface area contributed by atoms with E-state index in [0.29, 0.717) is 16.9 Å². The van der Waals surface area contributed by atoms with Crippen LogP contribution < -0.4 is 14.9 Å². The molecule has 2 amide bonds. The molecule has 0 atom stereocenters. The van der Waals surface area contributed by atoms with Crippen LogP contribution in [0.25, 0.3) is 0 Å². The molecule has 0 aliphatic heterocycles. The van der Waals surface area contributed by atoms with Crippen LogP contribution in [0.15, 0.2) is 48.5 Å². The molecule has 0 bridgehead atoms. The molecule has 0 aromatic heterocycles. The number of rotatable bonds is 7. The van der Waals surface area contributed by atoms with Crippen LogP contribution in [0.1, 0.15) is 22.8 Å². The van der Waals surface area contributed by atoms with Crippen LogP contribution in [0, 0.1) is 6.92 Å². The monoisotopic (exact) mass is 389 g/mol. The van der Waals surface area contributed by atoms with Gasteiger partial charge in [0.2, 0.25) is 15.9 Å². The number of benzene rings is 2. The summed E-state index contributed by atoms with van der Waals surface area (Å²) in [6.45, 7) is 3.52. The van der Waals surface area contributed by atoms with E-state index in [1.54, 1.807) is 36.4 Å². The molecule has 0 spiro atoms. The van der Waals surface area contributed by atoms with E-state index in [4.69, 9.17) is 0 Å². The molecule has 0 aliphatic carbocycles. The van der Waals surface area contributed by atoms with Crippen LogP contribution in [-0.4, -0.2) is 39.6 Å². The number of carbonyl (C=O) groups excluding carboxylic acids is 2. The first-order valence-electron chi connectivity index (χ1n) is 8.37. The van der Waals surface area contributed by atoms with Gasteiger partial charge in [-0.1, -0.05) is 23.8 Å². The van der Waals surface area contributed by atoms with Gasteiger partial charge in [0, 0.05) is 24.7 Å². The van der Waals surface area contributed by atoms with Gasteiger partial charge >= 0.3 is 0 Å². The summed E-state index contributed by atoms with van der Waals surface area (Å²) in [7, 11) is -3.56. The number of carbonyl (C=O) groups is 2. The number of nitrogens with one attached hydrogen (secondary N) is 2. The summed E-state index contributed by atoms with van der Waals surface area (Å²) in [5.74, 6) is -0.515. The molecular weight excluding hydrogens is 366 g/mol. The molecule has 8 heteroatoms. The minimum atomic E-state index is -3.56. The minimum absolute atomic E-state index is 0.0694. The molecule has 27 heavy (non-hydrogen) atoms. The van der Waals surface area contributed by atoms with E-state index < -0.39 is 10.0 Å². The molecule has 2 aromatic rings. The average Bonchev–Trinajstić information content (AvgIpc) is 2.57. The van der Waals surface area contributed by atoms with Crippen molar-refractivity contribution in [3.63, 3.8) is 0 Å². The zero-order valence-electron chi connectivity index (χ0n) is 15.5. The fraction of sp³-hybridized carbons (Fsp3) is 0.263. The smallest absolute Gasteiger partial charge is 0.251 e. The van der Waals surface area contributed by atoms with Crippen LogP contribution >= 0.6 is 0 Å². The normalized spacial score (nSPS) is 10.9. The first kappa shape index (κ1) is 20.4. The van der Waals surface area contributed by atoms with Gasteiger partial charge in [-0.2, -0.15) is 0 Å². The molecule has 0 saturated carbocycles. The predicted octanol–water partition coefficient (Wildman–Crippen LogP) is 2.15. The van der Waals surface area contributed by atoms with Crippen molar-refractivity contribution in [3.8, 4) is 0 Å². The van der Waals surface area contributed by atoms with Gasteiger partial charge in [0.15, 0.2) is 0 Å². The van der Waals surface area contributed by atoms with Gasteiger partial charge in [0.25, 0.3) is 5.91 Å². The maximum Gasteiger partial charge on any atom is 0.251 e. The molecule has 0 heterocycles. The van der Waals surface area contributed by atoms with Gasteiger partial charge in [0.1, 0.15) is 0 Å². The second-order valence-corrected chi connectivity index (χ2v) is 8.10. The third-order valence-corrected chi connectivity index (χ3v) is 4.96. The predicted molar refractivity (Wildman–Crippen MR) is 106 cm³/mol. The Labute approximate surface area is 159 Å². The molecule has 7 nitrogen and oxygen atoms in total. The number of nitrogens with zero attached hydrogens (tertiary/aromatic N) is 1. The van der Waals surface area contributed by atoms with Gasteiger partial charge in [-0.25, -0.2) is 8.42 Å². The molecule has 2 aromatic carbocycles. The summed E-state index contributed by atoms with van der Waals surface area (Å²) < 4.78 is 25.5. The fourth-order valence-electron chi connectivity index (χ4n) is 2.51. The van der Waals surface area contributed by atoms with E-state index in [2.05, 4.69) is 10.6 Å². The number of sulfonamides is 1. The van der Waals surface area contributed by atoms with E-state index in [-0.39, 0.29) is 24.9 Å². The van der Waals surface area contributed by atoms with Crippen molar-refractivity contribution in [3.05, 3.63) is 59.7 Å². The van der Waals surface area contributed by atoms with Crippen molar-refractivity contribution in [1.29, 1.82) is 0 Å². The lowest BCUT2D eigenvalue weighted by molar-refractivity contribution is -0.114. The van der Waals surface area contributed by atoms with Crippen molar-refractivity contribution in [1.82, 2.24) is 5.32 Å². The zero-order chi connectivity index (χ0) is 20.0. The van der Waals surface area contributed by atoms with Crippen LogP contribution in [0.5, 0.6) is 0 Å². The molecule has 0 aliphatic rings. The fourth-order valence-corrected chi connectivity index (χ4v) is 3.43. The van der Waals surface area contributed by atoms with E-state index >= 15 is 0 Å². The summed E-state index contributed by atoms with van der Waals surface area (Å²) >= 11 is 0. The largest absolute Gasteiger partial charge is 0.350 e. The molecule has 0 radical (unpaired) electrons. The van der Waals surface area contributed by atoms with Gasteiger partial charge < -0.3 is 10.6 Å². The highest BCUT2D eigenvalue weighted by atomic mass is 32.2. The van der Waals surface area contributed by atoms with Crippen LogP contribution in [0.3, 0.4) is 0 Å². The molecule has 0 unspecified atom stereocenters. The second-order valence-electron chi connectivity index (χ2n) is 6.19. The summed E-state index contributed by atoms with van der Waals surface area (Å²) in [5, 5.41) is 5.34. The highest BCUT2D eigenvalue weighted by Crippen LogP contribution is 2.21. The minimum Gasteiger partial charge on any atom is -0.350 e. The van der Waals surface area contributed by atoms with Crippen molar-refractivity contribution in [2.24, 2.45) is 0 Å². The average molecular weight is 389 g/mol. The first-order valence-corrected chi connectivity index (χ1v) is 10.2. The van der Waals surface area contributed by atoms with E-state index in [1.807, 2.05) is 19.1 Å². The topological polar surface area (TPSA) is 95.6 Å². The maximum atomic E-state index is 12.2. The molecule has 144 valence electrons. The van der Waals surface area contributed by atoms with Gasteiger partial charge in [0.05, 0.1) is 18.5 Å². The van der Waals surface area contributed by atoms with Crippen molar-refractivity contribution < 1.29 is 18.0 Å². The summed E-state index contributed by atoms with van der Waals surface area (Å²) in [4.78, 5) is 23.4. The molecule has 0 fully saturated rings. The number of amides is 2. The van der Waals surface area contributed by atoms with Crippen molar-refractivity contribution in [2.75, 3.05) is 29.0 Å².